The fraction of sp³-hybridized carbons (Fsp3) is 0.250. The molecule has 1 heterocycles. The molecule has 1 saturated heterocycles. The summed E-state index contributed by atoms with van der Waals surface area (Å²) in [6.45, 7) is 2.18. The Balaban J connectivity index is 1.56. The number of likely N-dealkylation sites (tertiary alicyclic amines) is 1. The molecule has 0 atom stereocenters. The van der Waals surface area contributed by atoms with Crippen LogP contribution in [-0.2, 0) is 16.6 Å². The highest BCUT2D eigenvalue weighted by molar-refractivity contribution is 7.92. The predicted octanol–water partition coefficient (Wildman–Crippen LogP) is 5.48. The zero-order valence-electron chi connectivity index (χ0n) is 17.3. The Hall–Kier alpha value is -2.48. The minimum Gasteiger partial charge on any atom is -0.299 e. The normalized spacial score (nSPS) is 15.6. The monoisotopic (exact) mass is 476 g/mol. The molecule has 4 rings (SSSR count). The maximum absolute atomic E-state index is 13.5. The van der Waals surface area contributed by atoms with Gasteiger partial charge in [0.05, 0.1) is 10.6 Å². The third kappa shape index (κ3) is 5.11. The second-order valence-corrected chi connectivity index (χ2v) is 10.1. The van der Waals surface area contributed by atoms with Crippen molar-refractivity contribution in [2.75, 3.05) is 17.4 Å². The number of piperidine rings is 1. The average Bonchev–Trinajstić information content (AvgIpc) is 2.78. The van der Waals surface area contributed by atoms with Gasteiger partial charge < -0.3 is 0 Å². The Kier molecular flexibility index (Phi) is 6.79. The molecule has 0 aromatic heterocycles. The second kappa shape index (κ2) is 9.57. The molecule has 168 valence electrons. The topological polar surface area (TPSA) is 40.6 Å². The molecule has 3 aromatic rings. The van der Waals surface area contributed by atoms with Gasteiger partial charge in [0.25, 0.3) is 10.0 Å². The number of benzene rings is 3. The fourth-order valence-electron chi connectivity index (χ4n) is 4.01. The third-order valence-corrected chi connectivity index (χ3v) is 7.81. The van der Waals surface area contributed by atoms with Crippen LogP contribution in [0.3, 0.4) is 0 Å². The van der Waals surface area contributed by atoms with Crippen LogP contribution >= 0.6 is 11.6 Å². The van der Waals surface area contributed by atoms with Crippen LogP contribution in [0.2, 0.25) is 5.02 Å². The van der Waals surface area contributed by atoms with Crippen molar-refractivity contribution < 1.29 is 17.2 Å². The number of hydrogen-bond donors (Lipinski definition) is 0. The Labute approximate surface area is 192 Å². The van der Waals surface area contributed by atoms with E-state index in [9.17, 15) is 17.2 Å². The van der Waals surface area contributed by atoms with E-state index in [-0.39, 0.29) is 10.9 Å². The van der Waals surface area contributed by atoms with Crippen LogP contribution in [0.15, 0.2) is 77.7 Å². The Morgan fingerprint density at radius 3 is 1.94 bits per heavy atom. The van der Waals surface area contributed by atoms with Crippen molar-refractivity contribution in [3.05, 3.63) is 95.0 Å². The maximum Gasteiger partial charge on any atom is 0.264 e. The highest BCUT2D eigenvalue weighted by Gasteiger charge is 2.34. The number of sulfonamides is 1. The van der Waals surface area contributed by atoms with Gasteiger partial charge in [-0.15, -0.1) is 0 Å². The molecule has 8 heteroatoms. The largest absolute Gasteiger partial charge is 0.299 e. The van der Waals surface area contributed by atoms with Crippen LogP contribution in [0, 0.1) is 11.6 Å². The summed E-state index contributed by atoms with van der Waals surface area (Å²) >= 11 is 5.96. The van der Waals surface area contributed by atoms with E-state index >= 15 is 0 Å². The first-order valence-electron chi connectivity index (χ1n) is 10.4. The van der Waals surface area contributed by atoms with Crippen LogP contribution in [0.25, 0.3) is 0 Å². The first-order chi connectivity index (χ1) is 15.3. The van der Waals surface area contributed by atoms with Crippen LogP contribution in [0.4, 0.5) is 14.5 Å². The molecule has 0 N–H and O–H groups in total. The summed E-state index contributed by atoms with van der Waals surface area (Å²) in [6.07, 6.45) is 1.23. The highest BCUT2D eigenvalue weighted by Crippen LogP contribution is 2.31. The Morgan fingerprint density at radius 1 is 0.844 bits per heavy atom. The number of nitrogens with zero attached hydrogens (tertiary/aromatic N) is 2. The molecule has 0 aliphatic carbocycles. The summed E-state index contributed by atoms with van der Waals surface area (Å²) in [5.41, 5.74) is 1.54. The van der Waals surface area contributed by atoms with E-state index in [1.54, 1.807) is 0 Å². The van der Waals surface area contributed by atoms with Gasteiger partial charge >= 0.3 is 0 Å². The van der Waals surface area contributed by atoms with Gasteiger partial charge in [-0.3, -0.25) is 9.21 Å². The van der Waals surface area contributed by atoms with E-state index in [1.165, 1.54) is 40.7 Å². The van der Waals surface area contributed by atoms with Gasteiger partial charge in [-0.2, -0.15) is 0 Å². The van der Waals surface area contributed by atoms with Gasteiger partial charge in [-0.1, -0.05) is 23.7 Å². The van der Waals surface area contributed by atoms with E-state index in [4.69, 9.17) is 11.6 Å². The minimum atomic E-state index is -3.95. The number of rotatable bonds is 6. The van der Waals surface area contributed by atoms with Gasteiger partial charge in [-0.25, -0.2) is 17.2 Å². The lowest BCUT2D eigenvalue weighted by Gasteiger charge is -2.39. The molecule has 0 radical (unpaired) electrons. The first kappa shape index (κ1) is 22.7. The van der Waals surface area contributed by atoms with Gasteiger partial charge in [-0.05, 0) is 79.1 Å². The number of hydrogen-bond acceptors (Lipinski definition) is 3. The van der Waals surface area contributed by atoms with Crippen molar-refractivity contribution in [1.82, 2.24) is 4.90 Å². The van der Waals surface area contributed by atoms with Crippen LogP contribution in [-0.4, -0.2) is 32.4 Å². The minimum absolute atomic E-state index is 0.00631. The molecule has 1 aliphatic heterocycles. The van der Waals surface area contributed by atoms with E-state index in [2.05, 4.69) is 4.90 Å². The van der Waals surface area contributed by atoms with Crippen molar-refractivity contribution in [3.8, 4) is 0 Å². The standard InChI is InChI=1S/C24H23ClF2N2O2S/c25-19-3-1-18(2-4-19)17-28-15-13-23(14-16-28)29(22-9-5-20(26)6-10-22)32(30,31)24-11-7-21(27)8-12-24/h1-12,23H,13-17H2. The molecule has 1 fully saturated rings. The SMILES string of the molecule is O=S(=O)(c1ccc(F)cc1)N(c1ccc(F)cc1)C1CCN(Cc2ccc(Cl)cc2)CC1. The lowest BCUT2D eigenvalue weighted by atomic mass is 10.0. The summed E-state index contributed by atoms with van der Waals surface area (Å²) < 4.78 is 55.3. The summed E-state index contributed by atoms with van der Waals surface area (Å²) in [5.74, 6) is -0.946. The van der Waals surface area contributed by atoms with Crippen LogP contribution in [0.1, 0.15) is 18.4 Å². The molecule has 32 heavy (non-hydrogen) atoms. The second-order valence-electron chi connectivity index (χ2n) is 7.86. The summed E-state index contributed by atoms with van der Waals surface area (Å²) in [7, 11) is -3.95. The van der Waals surface area contributed by atoms with E-state index in [0.29, 0.717) is 36.6 Å². The van der Waals surface area contributed by atoms with E-state index in [1.807, 2.05) is 24.3 Å². The molecule has 3 aromatic carbocycles. The molecule has 0 amide bonds. The molecule has 0 spiro atoms. The lowest BCUT2D eigenvalue weighted by Crippen LogP contribution is -2.47. The molecule has 0 unspecified atom stereocenters. The molecule has 0 bridgehead atoms. The smallest absolute Gasteiger partial charge is 0.264 e. The Morgan fingerprint density at radius 2 is 1.38 bits per heavy atom. The molecular weight excluding hydrogens is 454 g/mol. The first-order valence-corrected chi connectivity index (χ1v) is 12.2. The van der Waals surface area contributed by atoms with Crippen molar-refractivity contribution in [2.24, 2.45) is 0 Å². The molecular formula is C24H23ClF2N2O2S. The van der Waals surface area contributed by atoms with Crippen molar-refractivity contribution >= 4 is 27.3 Å². The Bertz CT molecular complexity index is 1150. The number of halogens is 3. The highest BCUT2D eigenvalue weighted by atomic mass is 35.5. The zero-order valence-corrected chi connectivity index (χ0v) is 18.9. The van der Waals surface area contributed by atoms with Crippen LogP contribution < -0.4 is 4.31 Å². The van der Waals surface area contributed by atoms with E-state index in [0.717, 1.165) is 24.2 Å². The predicted molar refractivity (Wildman–Crippen MR) is 122 cm³/mol. The van der Waals surface area contributed by atoms with E-state index < -0.39 is 21.7 Å². The van der Waals surface area contributed by atoms with Gasteiger partial charge in [0.15, 0.2) is 0 Å². The van der Waals surface area contributed by atoms with Crippen molar-refractivity contribution in [1.29, 1.82) is 0 Å². The summed E-state index contributed by atoms with van der Waals surface area (Å²) in [4.78, 5) is 2.28. The van der Waals surface area contributed by atoms with Gasteiger partial charge in [0.1, 0.15) is 11.6 Å². The zero-order chi connectivity index (χ0) is 22.7. The lowest BCUT2D eigenvalue weighted by molar-refractivity contribution is 0.206. The average molecular weight is 477 g/mol. The third-order valence-electron chi connectivity index (χ3n) is 5.66. The van der Waals surface area contributed by atoms with Gasteiger partial charge in [0, 0.05) is 30.7 Å². The van der Waals surface area contributed by atoms with Crippen LogP contribution in [0.5, 0.6) is 0 Å². The number of anilines is 1. The summed E-state index contributed by atoms with van der Waals surface area (Å²) in [5, 5.41) is 0.688. The summed E-state index contributed by atoms with van der Waals surface area (Å²) in [6, 6.07) is 17.6. The van der Waals surface area contributed by atoms with Gasteiger partial charge in [0.2, 0.25) is 0 Å². The molecule has 4 nitrogen and oxygen atoms in total. The van der Waals surface area contributed by atoms with Crippen molar-refractivity contribution in [2.45, 2.75) is 30.3 Å². The van der Waals surface area contributed by atoms with Crippen molar-refractivity contribution in [3.63, 3.8) is 0 Å². The maximum atomic E-state index is 13.5. The molecule has 0 saturated carbocycles. The fourth-order valence-corrected chi connectivity index (χ4v) is 5.85. The quantitative estimate of drug-likeness (QED) is 0.473. The molecule has 1 aliphatic rings.